The average Bonchev–Trinajstić information content (AvgIpc) is 2.19. The summed E-state index contributed by atoms with van der Waals surface area (Å²) in [6.07, 6.45) is 0. The summed E-state index contributed by atoms with van der Waals surface area (Å²) in [6, 6.07) is 3.70. The van der Waals surface area contributed by atoms with E-state index in [-0.39, 0.29) is 11.5 Å². The lowest BCUT2D eigenvalue weighted by molar-refractivity contribution is -0.139. The number of carbonyl (C=O) groups is 1. The normalized spacial score (nSPS) is 12.3. The van der Waals surface area contributed by atoms with Gasteiger partial charge in [-0.2, -0.15) is 0 Å². The Kier molecular flexibility index (Phi) is 3.51. The number of rotatable bonds is 4. The second-order valence-corrected chi connectivity index (χ2v) is 3.26. The van der Waals surface area contributed by atoms with E-state index in [0.717, 1.165) is 0 Å². The van der Waals surface area contributed by atoms with Crippen molar-refractivity contribution in [3.8, 4) is 11.5 Å². The van der Waals surface area contributed by atoms with E-state index >= 15 is 0 Å². The minimum Gasteiger partial charge on any atom is -0.504 e. The van der Waals surface area contributed by atoms with Gasteiger partial charge in [0, 0.05) is 6.54 Å². The number of carboxylic acid groups (broad SMARTS) is 1. The Morgan fingerprint density at radius 1 is 1.40 bits per heavy atom. The summed E-state index contributed by atoms with van der Waals surface area (Å²) in [5, 5.41) is 29.6. The molecule has 5 nitrogen and oxygen atoms in total. The van der Waals surface area contributed by atoms with E-state index in [4.69, 9.17) is 10.2 Å². The molecular weight excluding hydrogens is 198 g/mol. The molecule has 0 fully saturated rings. The maximum atomic E-state index is 10.5. The molecule has 0 aromatic heterocycles. The lowest BCUT2D eigenvalue weighted by Crippen LogP contribution is -2.33. The molecule has 1 rings (SSSR count). The zero-order valence-corrected chi connectivity index (χ0v) is 8.27. The molecule has 0 spiro atoms. The first-order chi connectivity index (χ1) is 7.00. The Morgan fingerprint density at radius 3 is 2.60 bits per heavy atom. The third-order valence-corrected chi connectivity index (χ3v) is 2.02. The average molecular weight is 211 g/mol. The van der Waals surface area contributed by atoms with Crippen LogP contribution in [0.1, 0.15) is 12.5 Å². The van der Waals surface area contributed by atoms with Crippen molar-refractivity contribution in [1.82, 2.24) is 5.32 Å². The van der Waals surface area contributed by atoms with E-state index < -0.39 is 12.0 Å². The van der Waals surface area contributed by atoms with Gasteiger partial charge in [0.25, 0.3) is 0 Å². The smallest absolute Gasteiger partial charge is 0.320 e. The van der Waals surface area contributed by atoms with Crippen molar-refractivity contribution in [3.05, 3.63) is 23.8 Å². The van der Waals surface area contributed by atoms with Gasteiger partial charge in [0.2, 0.25) is 0 Å². The number of nitrogens with one attached hydrogen (secondary N) is 1. The summed E-state index contributed by atoms with van der Waals surface area (Å²) in [6.45, 7) is 1.85. The summed E-state index contributed by atoms with van der Waals surface area (Å²) in [5.74, 6) is -1.33. The van der Waals surface area contributed by atoms with Gasteiger partial charge in [-0.25, -0.2) is 0 Å². The number of phenols is 2. The summed E-state index contributed by atoms with van der Waals surface area (Å²) < 4.78 is 0. The highest BCUT2D eigenvalue weighted by Gasteiger charge is 2.09. The Balaban J connectivity index is 2.58. The highest BCUT2D eigenvalue weighted by molar-refractivity contribution is 5.72. The van der Waals surface area contributed by atoms with Crippen LogP contribution in [0.4, 0.5) is 0 Å². The fraction of sp³-hybridized carbons (Fsp3) is 0.300. The predicted molar refractivity (Wildman–Crippen MR) is 53.7 cm³/mol. The molecule has 0 radical (unpaired) electrons. The molecule has 0 aliphatic heterocycles. The molecule has 0 heterocycles. The number of aromatic hydroxyl groups is 2. The number of carboxylic acids is 1. The second kappa shape index (κ2) is 4.65. The quantitative estimate of drug-likeness (QED) is 0.549. The number of aliphatic carboxylic acids is 1. The van der Waals surface area contributed by atoms with Crippen molar-refractivity contribution in [2.45, 2.75) is 19.5 Å². The molecule has 1 aromatic rings. The summed E-state index contributed by atoms with van der Waals surface area (Å²) in [5.41, 5.74) is 0.707. The van der Waals surface area contributed by atoms with Gasteiger partial charge in [-0.15, -0.1) is 0 Å². The highest BCUT2D eigenvalue weighted by atomic mass is 16.4. The van der Waals surface area contributed by atoms with E-state index in [1.807, 2.05) is 0 Å². The highest BCUT2D eigenvalue weighted by Crippen LogP contribution is 2.24. The Morgan fingerprint density at radius 2 is 2.07 bits per heavy atom. The Hall–Kier alpha value is -1.75. The van der Waals surface area contributed by atoms with E-state index in [9.17, 15) is 9.90 Å². The molecular formula is C10H13NO4. The molecule has 0 amide bonds. The summed E-state index contributed by atoms with van der Waals surface area (Å²) >= 11 is 0. The summed E-state index contributed by atoms with van der Waals surface area (Å²) in [7, 11) is 0. The van der Waals surface area contributed by atoms with Gasteiger partial charge < -0.3 is 20.6 Å². The molecule has 1 aromatic carbocycles. The van der Waals surface area contributed by atoms with Crippen LogP contribution in [0.3, 0.4) is 0 Å². The van der Waals surface area contributed by atoms with Crippen molar-refractivity contribution in [1.29, 1.82) is 0 Å². The Bertz CT molecular complexity index is 364. The monoisotopic (exact) mass is 211 g/mol. The molecule has 82 valence electrons. The van der Waals surface area contributed by atoms with Gasteiger partial charge in [-0.05, 0) is 24.6 Å². The molecule has 0 aliphatic rings. The Labute approximate surface area is 87.0 Å². The lowest BCUT2D eigenvalue weighted by atomic mass is 10.2. The molecule has 15 heavy (non-hydrogen) atoms. The van der Waals surface area contributed by atoms with Crippen molar-refractivity contribution in [2.24, 2.45) is 0 Å². The van der Waals surface area contributed by atoms with E-state index in [0.29, 0.717) is 12.1 Å². The molecule has 4 N–H and O–H groups in total. The third-order valence-electron chi connectivity index (χ3n) is 2.02. The largest absolute Gasteiger partial charge is 0.504 e. The minimum absolute atomic E-state index is 0.190. The number of benzene rings is 1. The van der Waals surface area contributed by atoms with Gasteiger partial charge >= 0.3 is 5.97 Å². The second-order valence-electron chi connectivity index (χ2n) is 3.26. The molecule has 0 aliphatic carbocycles. The zero-order chi connectivity index (χ0) is 11.4. The van der Waals surface area contributed by atoms with Crippen molar-refractivity contribution in [2.75, 3.05) is 0 Å². The van der Waals surface area contributed by atoms with Crippen LogP contribution in [0, 0.1) is 0 Å². The van der Waals surface area contributed by atoms with Gasteiger partial charge in [0.05, 0.1) is 0 Å². The zero-order valence-electron chi connectivity index (χ0n) is 8.27. The first-order valence-corrected chi connectivity index (χ1v) is 4.47. The van der Waals surface area contributed by atoms with Crippen LogP contribution >= 0.6 is 0 Å². The van der Waals surface area contributed by atoms with Crippen molar-refractivity contribution in [3.63, 3.8) is 0 Å². The lowest BCUT2D eigenvalue weighted by Gasteiger charge is -2.09. The van der Waals surface area contributed by atoms with Crippen LogP contribution in [0.2, 0.25) is 0 Å². The van der Waals surface area contributed by atoms with Crippen LogP contribution < -0.4 is 5.32 Å². The standard InChI is InChI=1S/C10H13NO4/c1-6(10(14)15)11-5-7-2-3-8(12)9(13)4-7/h2-4,6,11-13H,5H2,1H3,(H,14,15)/t6-/m0/s1. The number of phenolic OH excluding ortho intramolecular Hbond substituents is 2. The van der Waals surface area contributed by atoms with Crippen LogP contribution in [0.25, 0.3) is 0 Å². The molecule has 0 unspecified atom stereocenters. The van der Waals surface area contributed by atoms with Crippen LogP contribution in [0.5, 0.6) is 11.5 Å². The molecule has 0 saturated carbocycles. The van der Waals surface area contributed by atoms with E-state index in [2.05, 4.69) is 5.32 Å². The molecule has 5 heteroatoms. The van der Waals surface area contributed by atoms with Gasteiger partial charge in [0.15, 0.2) is 11.5 Å². The molecule has 0 bridgehead atoms. The third kappa shape index (κ3) is 3.14. The molecule has 0 saturated heterocycles. The van der Waals surface area contributed by atoms with E-state index in [1.54, 1.807) is 6.07 Å². The van der Waals surface area contributed by atoms with Crippen molar-refractivity contribution < 1.29 is 20.1 Å². The fourth-order valence-electron chi connectivity index (χ4n) is 1.04. The first kappa shape index (κ1) is 11.3. The van der Waals surface area contributed by atoms with Gasteiger partial charge in [0.1, 0.15) is 6.04 Å². The summed E-state index contributed by atoms with van der Waals surface area (Å²) in [4.78, 5) is 10.5. The first-order valence-electron chi connectivity index (χ1n) is 4.47. The van der Waals surface area contributed by atoms with Crippen LogP contribution in [0.15, 0.2) is 18.2 Å². The topological polar surface area (TPSA) is 89.8 Å². The number of hydrogen-bond acceptors (Lipinski definition) is 4. The fourth-order valence-corrected chi connectivity index (χ4v) is 1.04. The van der Waals surface area contributed by atoms with Gasteiger partial charge in [-0.1, -0.05) is 6.07 Å². The molecule has 1 atom stereocenters. The van der Waals surface area contributed by atoms with Gasteiger partial charge in [-0.3, -0.25) is 4.79 Å². The number of hydrogen-bond donors (Lipinski definition) is 4. The van der Waals surface area contributed by atoms with Crippen LogP contribution in [-0.4, -0.2) is 27.3 Å². The van der Waals surface area contributed by atoms with E-state index in [1.165, 1.54) is 19.1 Å². The SMILES string of the molecule is C[C@H](NCc1ccc(O)c(O)c1)C(=O)O. The maximum absolute atomic E-state index is 10.5. The minimum atomic E-state index is -0.932. The van der Waals surface area contributed by atoms with Crippen LogP contribution in [-0.2, 0) is 11.3 Å². The predicted octanol–water partition coefficient (Wildman–Crippen LogP) is 0.661. The maximum Gasteiger partial charge on any atom is 0.320 e. The van der Waals surface area contributed by atoms with Crippen molar-refractivity contribution >= 4 is 5.97 Å².